The van der Waals surface area contributed by atoms with E-state index in [1.807, 2.05) is 24.3 Å². The van der Waals surface area contributed by atoms with Crippen LogP contribution in [0.2, 0.25) is 10.0 Å². The summed E-state index contributed by atoms with van der Waals surface area (Å²) < 4.78 is 42.8. The number of halogens is 3. The smallest absolute Gasteiger partial charge is 0.408 e. The number of aliphatic hydroxyl groups is 1. The Kier molecular flexibility index (Phi) is 24.9. The Morgan fingerprint density at radius 1 is 0.783 bits per heavy atom. The zero-order valence-electron chi connectivity index (χ0n) is 34.7. The number of likely N-dealkylation sites (N-methyl/N-ethyl adjacent to an activating group) is 1. The number of methoxy groups -OCH3 is 1. The van der Waals surface area contributed by atoms with Crippen LogP contribution < -0.4 is 5.32 Å². The van der Waals surface area contributed by atoms with Crippen molar-refractivity contribution in [3.63, 3.8) is 0 Å². The van der Waals surface area contributed by atoms with Gasteiger partial charge >= 0.3 is 6.09 Å². The molecular weight excluding hydrogens is 845 g/mol. The van der Waals surface area contributed by atoms with Crippen LogP contribution in [-0.4, -0.2) is 171 Å². The molecule has 2 aromatic rings. The lowest BCUT2D eigenvalue weighted by molar-refractivity contribution is -0.131. The van der Waals surface area contributed by atoms with Gasteiger partial charge in [0.15, 0.2) is 5.78 Å². The van der Waals surface area contributed by atoms with Gasteiger partial charge in [0.05, 0.1) is 115 Å². The molecule has 0 bridgehead atoms. The van der Waals surface area contributed by atoms with E-state index in [1.54, 1.807) is 37.3 Å². The number of alkyl carbamates (subject to hydrolysis) is 1. The maximum atomic E-state index is 13.6. The number of ether oxygens (including phenoxy) is 8. The van der Waals surface area contributed by atoms with Crippen molar-refractivity contribution in [2.24, 2.45) is 0 Å². The zero-order valence-corrected chi connectivity index (χ0v) is 37.1. The Bertz CT molecular complexity index is 1570. The van der Waals surface area contributed by atoms with Crippen LogP contribution in [-0.2, 0) is 60.3 Å². The van der Waals surface area contributed by atoms with Gasteiger partial charge in [0.2, 0.25) is 5.91 Å². The normalized spacial score (nSPS) is 16.2. The van der Waals surface area contributed by atoms with Crippen LogP contribution in [0.1, 0.15) is 42.0 Å². The van der Waals surface area contributed by atoms with E-state index < -0.39 is 17.7 Å². The first kappa shape index (κ1) is 51.7. The first-order chi connectivity index (χ1) is 28.6. The van der Waals surface area contributed by atoms with Crippen molar-refractivity contribution in [3.05, 3.63) is 69.2 Å². The van der Waals surface area contributed by atoms with Gasteiger partial charge in [-0.15, -0.1) is 12.4 Å². The number of ketones is 1. The average molecular weight is 907 g/mol. The number of nitrogens with one attached hydrogen (secondary N) is 1. The molecule has 18 heteroatoms. The van der Waals surface area contributed by atoms with Gasteiger partial charge in [0.25, 0.3) is 0 Å². The Balaban J connectivity index is 0.00000961. The van der Waals surface area contributed by atoms with Crippen molar-refractivity contribution in [1.29, 1.82) is 0 Å². The van der Waals surface area contributed by atoms with Crippen molar-refractivity contribution in [1.82, 2.24) is 15.1 Å². The lowest BCUT2D eigenvalue weighted by atomic mass is 9.97. The van der Waals surface area contributed by atoms with Crippen molar-refractivity contribution >= 4 is 53.4 Å². The molecule has 0 radical (unpaired) electrons. The van der Waals surface area contributed by atoms with Crippen LogP contribution >= 0.6 is 35.6 Å². The third-order valence-electron chi connectivity index (χ3n) is 9.96. The number of amides is 2. The van der Waals surface area contributed by atoms with Gasteiger partial charge in [-0.25, -0.2) is 4.79 Å². The van der Waals surface area contributed by atoms with E-state index in [1.165, 1.54) is 0 Å². The Labute approximate surface area is 369 Å². The fourth-order valence-corrected chi connectivity index (χ4v) is 6.75. The highest BCUT2D eigenvalue weighted by atomic mass is 35.5. The molecule has 2 aliphatic rings. The van der Waals surface area contributed by atoms with Gasteiger partial charge < -0.3 is 53.2 Å². The van der Waals surface area contributed by atoms with Crippen LogP contribution in [0.5, 0.6) is 0 Å². The summed E-state index contributed by atoms with van der Waals surface area (Å²) in [6.45, 7) is 7.57. The van der Waals surface area contributed by atoms with Crippen molar-refractivity contribution in [3.8, 4) is 0 Å². The van der Waals surface area contributed by atoms with E-state index in [0.717, 1.165) is 23.2 Å². The predicted octanol–water partition coefficient (Wildman–Crippen LogP) is 4.34. The average Bonchev–Trinajstić information content (AvgIpc) is 3.89. The minimum Gasteiger partial charge on any atom is -0.447 e. The van der Waals surface area contributed by atoms with Crippen molar-refractivity contribution < 1.29 is 57.4 Å². The number of nitrogens with zero attached hydrogens (tertiary/aromatic N) is 2. The zero-order chi connectivity index (χ0) is 42.3. The number of β-amino-alcohol motifs (C(OH)–C–C–N with tert-alkyl or cyclic N) is 1. The summed E-state index contributed by atoms with van der Waals surface area (Å²) >= 11 is 12.3. The number of carbonyl (C=O) groups is 3. The summed E-state index contributed by atoms with van der Waals surface area (Å²) in [4.78, 5) is 43.6. The fourth-order valence-electron chi connectivity index (χ4n) is 6.43. The molecule has 1 heterocycles. The van der Waals surface area contributed by atoms with E-state index in [9.17, 15) is 19.5 Å². The number of hydrogen-bond acceptors (Lipinski definition) is 13. The minimum absolute atomic E-state index is 0. The molecular formula is C42H62Cl3N3O12. The second kappa shape index (κ2) is 28.9. The third kappa shape index (κ3) is 19.2. The Morgan fingerprint density at radius 2 is 1.33 bits per heavy atom. The molecule has 0 unspecified atom stereocenters. The molecule has 0 spiro atoms. The molecule has 1 saturated heterocycles. The maximum Gasteiger partial charge on any atom is 0.408 e. The van der Waals surface area contributed by atoms with Gasteiger partial charge in [-0.3, -0.25) is 14.5 Å². The summed E-state index contributed by atoms with van der Waals surface area (Å²) in [6.07, 6.45) is 0.882. The molecule has 2 N–H and O–H groups in total. The number of carbonyl (C=O) groups excluding carboxylic acids is 3. The first-order valence-electron chi connectivity index (χ1n) is 20.2. The molecule has 338 valence electrons. The summed E-state index contributed by atoms with van der Waals surface area (Å²) in [7, 11) is 3.40. The van der Waals surface area contributed by atoms with Crippen LogP contribution in [0.25, 0.3) is 0 Å². The predicted molar refractivity (Wildman–Crippen MR) is 228 cm³/mol. The summed E-state index contributed by atoms with van der Waals surface area (Å²) in [5.41, 5.74) is 1.42. The highest BCUT2D eigenvalue weighted by Gasteiger charge is 2.50. The third-order valence-corrected chi connectivity index (χ3v) is 10.7. The number of benzene rings is 2. The molecule has 1 saturated carbocycles. The molecule has 60 heavy (non-hydrogen) atoms. The molecule has 15 nitrogen and oxygen atoms in total. The first-order valence-corrected chi connectivity index (χ1v) is 21.0. The van der Waals surface area contributed by atoms with Crippen molar-refractivity contribution in [2.75, 3.05) is 126 Å². The lowest BCUT2D eigenvalue weighted by Crippen LogP contribution is -2.44. The second-order valence-corrected chi connectivity index (χ2v) is 15.3. The summed E-state index contributed by atoms with van der Waals surface area (Å²) in [5, 5.41) is 13.8. The van der Waals surface area contributed by atoms with Crippen LogP contribution in [0.15, 0.2) is 42.5 Å². The van der Waals surface area contributed by atoms with E-state index in [-0.39, 0.29) is 56.2 Å². The number of hydrogen-bond donors (Lipinski definition) is 2. The minimum atomic E-state index is -0.970. The molecule has 0 aromatic heterocycles. The highest BCUT2D eigenvalue weighted by molar-refractivity contribution is 6.42. The number of Topliss-reactive ketones (excluding diaryl/α,β-unsaturated/α-hetero) is 1. The SMILES string of the molecule is COCCOCCOCCOCCOCCOCCOCCOC(=O)NC1(C(=O)Cc2cccc([C@@H](CN3CC[C@H](O)C3)N(C)C(=O)Cc3ccc(Cl)c(Cl)c3)c2)CC1.Cl. The quantitative estimate of drug-likeness (QED) is 0.103. The molecule has 2 fully saturated rings. The monoisotopic (exact) mass is 905 g/mol. The van der Waals surface area contributed by atoms with Gasteiger partial charge in [0.1, 0.15) is 12.1 Å². The second-order valence-electron chi connectivity index (χ2n) is 14.5. The molecule has 2 atom stereocenters. The van der Waals surface area contributed by atoms with Gasteiger partial charge in [0, 0.05) is 40.2 Å². The molecule has 1 aliphatic heterocycles. The van der Waals surface area contributed by atoms with E-state index in [2.05, 4.69) is 10.2 Å². The topological polar surface area (TPSA) is 164 Å². The van der Waals surface area contributed by atoms with Crippen LogP contribution in [0.3, 0.4) is 0 Å². The number of aliphatic hydroxyl groups excluding tert-OH is 1. The summed E-state index contributed by atoms with van der Waals surface area (Å²) in [6, 6.07) is 12.5. The Hall–Kier alpha value is -2.64. The molecule has 2 aromatic carbocycles. The fraction of sp³-hybridized carbons (Fsp3) is 0.643. The van der Waals surface area contributed by atoms with Crippen LogP contribution in [0.4, 0.5) is 4.79 Å². The van der Waals surface area contributed by atoms with E-state index in [4.69, 9.17) is 61.1 Å². The van der Waals surface area contributed by atoms with Crippen LogP contribution in [0, 0.1) is 0 Å². The van der Waals surface area contributed by atoms with Gasteiger partial charge in [-0.05, 0) is 48.1 Å². The number of likely N-dealkylation sites (tertiary alicyclic amines) is 1. The van der Waals surface area contributed by atoms with Crippen molar-refractivity contribution in [2.45, 2.75) is 49.8 Å². The standard InChI is InChI=1S/C42H61Cl2N3O12.ClH/c1-46(40(50)29-33-6-7-36(43)37(44)27-33)38(31-47-11-8-35(48)30-47)34-5-3-4-32(26-34)28-39(49)42(9-10-42)45-41(51)59-25-24-58-23-22-57-21-20-56-19-18-55-17-16-54-15-14-53-13-12-52-2;/h3-7,26-27,35,38,48H,8-25,28-31H2,1-2H3,(H,45,51);1H/t35-,38+;/m0./s1. The largest absolute Gasteiger partial charge is 0.447 e. The molecule has 4 rings (SSSR count). The Morgan fingerprint density at radius 3 is 1.85 bits per heavy atom. The van der Waals surface area contributed by atoms with Gasteiger partial charge in [-0.2, -0.15) is 0 Å². The van der Waals surface area contributed by atoms with E-state index in [0.29, 0.717) is 122 Å². The number of rotatable bonds is 31. The lowest BCUT2D eigenvalue weighted by Gasteiger charge is -2.32. The van der Waals surface area contributed by atoms with Gasteiger partial charge in [-0.1, -0.05) is 53.5 Å². The van der Waals surface area contributed by atoms with E-state index >= 15 is 0 Å². The highest BCUT2D eigenvalue weighted by Crippen LogP contribution is 2.37. The molecule has 2 amide bonds. The maximum absolute atomic E-state index is 13.6. The molecule has 1 aliphatic carbocycles. The summed E-state index contributed by atoms with van der Waals surface area (Å²) in [5.74, 6) is -0.219.